The Hall–Kier alpha value is -1.07. The summed E-state index contributed by atoms with van der Waals surface area (Å²) in [6, 6.07) is 4.75. The number of nitrogen functional groups attached to an aromatic ring is 1. The third-order valence-electron chi connectivity index (χ3n) is 2.54. The van der Waals surface area contributed by atoms with E-state index in [1.807, 2.05) is 0 Å². The minimum atomic E-state index is -1.40. The fourth-order valence-corrected chi connectivity index (χ4v) is 2.62. The van der Waals surface area contributed by atoms with Gasteiger partial charge < -0.3 is 11.1 Å². The molecule has 4 nitrogen and oxygen atoms in total. The van der Waals surface area contributed by atoms with E-state index in [9.17, 15) is 9.00 Å². The molecule has 1 aromatic rings. The van der Waals surface area contributed by atoms with Gasteiger partial charge in [-0.15, -0.1) is 0 Å². The second-order valence-corrected chi connectivity index (χ2v) is 6.56. The van der Waals surface area contributed by atoms with Gasteiger partial charge in [0.1, 0.15) is 5.75 Å². The topological polar surface area (TPSA) is 72.2 Å². The maximum absolute atomic E-state index is 12.0. The van der Waals surface area contributed by atoms with E-state index < -0.39 is 10.8 Å². The zero-order valence-electron chi connectivity index (χ0n) is 11.1. The van der Waals surface area contributed by atoms with Gasteiger partial charge in [0.05, 0.1) is 21.5 Å². The number of hydrogen-bond donors (Lipinski definition) is 2. The van der Waals surface area contributed by atoms with Crippen LogP contribution in [0.3, 0.4) is 0 Å². The molecule has 1 unspecified atom stereocenters. The molecule has 0 aliphatic heterocycles. The van der Waals surface area contributed by atoms with Crippen LogP contribution in [0, 0.1) is 5.92 Å². The zero-order chi connectivity index (χ0) is 14.4. The van der Waals surface area contributed by atoms with Crippen LogP contribution in [0.2, 0.25) is 5.02 Å². The normalized spacial score (nSPS) is 12.4. The molecule has 0 aliphatic rings. The monoisotopic (exact) mass is 302 g/mol. The molecule has 6 heteroatoms. The zero-order valence-corrected chi connectivity index (χ0v) is 12.7. The molecule has 1 amide bonds. The van der Waals surface area contributed by atoms with Crippen LogP contribution in [0.1, 0.15) is 20.3 Å². The molecule has 0 heterocycles. The molecular formula is C13H19ClN2O2S. The maximum atomic E-state index is 12.0. The summed E-state index contributed by atoms with van der Waals surface area (Å²) in [6.45, 7) is 4.78. The highest BCUT2D eigenvalue weighted by atomic mass is 35.5. The van der Waals surface area contributed by atoms with Crippen molar-refractivity contribution in [3.05, 3.63) is 23.2 Å². The highest BCUT2D eigenvalue weighted by Gasteiger charge is 2.11. The standard InChI is InChI=1S/C13H19ClN2O2S/c1-9(2)5-6-16-13(17)8-19(18)10-3-4-12(15)11(14)7-10/h3-4,7,9H,5-6,8,15H2,1-2H3,(H,16,17). The predicted molar refractivity (Wildman–Crippen MR) is 79.6 cm³/mol. The van der Waals surface area contributed by atoms with Crippen LogP contribution in [0.15, 0.2) is 23.1 Å². The minimum absolute atomic E-state index is 0.0572. The van der Waals surface area contributed by atoms with Gasteiger partial charge in [0.15, 0.2) is 0 Å². The number of anilines is 1. The van der Waals surface area contributed by atoms with Crippen molar-refractivity contribution in [2.45, 2.75) is 25.2 Å². The molecule has 0 fully saturated rings. The molecule has 106 valence electrons. The van der Waals surface area contributed by atoms with Crippen LogP contribution in [0.25, 0.3) is 0 Å². The number of nitrogens with two attached hydrogens (primary N) is 1. The van der Waals surface area contributed by atoms with E-state index in [1.54, 1.807) is 12.1 Å². The van der Waals surface area contributed by atoms with Crippen molar-refractivity contribution in [1.29, 1.82) is 0 Å². The quantitative estimate of drug-likeness (QED) is 0.791. The lowest BCUT2D eigenvalue weighted by atomic mass is 10.1. The molecule has 0 aromatic heterocycles. The smallest absolute Gasteiger partial charge is 0.232 e. The van der Waals surface area contributed by atoms with Crippen LogP contribution in [-0.2, 0) is 15.6 Å². The van der Waals surface area contributed by atoms with E-state index in [0.717, 1.165) is 6.42 Å². The molecule has 0 spiro atoms. The van der Waals surface area contributed by atoms with Crippen molar-refractivity contribution >= 4 is 34.0 Å². The van der Waals surface area contributed by atoms with E-state index in [4.69, 9.17) is 17.3 Å². The molecule has 19 heavy (non-hydrogen) atoms. The van der Waals surface area contributed by atoms with Crippen molar-refractivity contribution in [2.75, 3.05) is 18.0 Å². The second-order valence-electron chi connectivity index (χ2n) is 4.71. The van der Waals surface area contributed by atoms with Gasteiger partial charge >= 0.3 is 0 Å². The SMILES string of the molecule is CC(C)CCNC(=O)CS(=O)c1ccc(N)c(Cl)c1. The van der Waals surface area contributed by atoms with Crippen LogP contribution in [-0.4, -0.2) is 22.4 Å². The van der Waals surface area contributed by atoms with Gasteiger partial charge in [-0.3, -0.25) is 9.00 Å². The summed E-state index contributed by atoms with van der Waals surface area (Å²) in [5.74, 6) is 0.256. The molecule has 0 bridgehead atoms. The maximum Gasteiger partial charge on any atom is 0.232 e. The third kappa shape index (κ3) is 5.61. The molecule has 1 atom stereocenters. The van der Waals surface area contributed by atoms with Gasteiger partial charge in [0.2, 0.25) is 5.91 Å². The van der Waals surface area contributed by atoms with Crippen LogP contribution < -0.4 is 11.1 Å². The average molecular weight is 303 g/mol. The Labute approximate surface area is 121 Å². The summed E-state index contributed by atoms with van der Waals surface area (Å²) in [6.07, 6.45) is 0.909. The van der Waals surface area contributed by atoms with E-state index in [2.05, 4.69) is 19.2 Å². The van der Waals surface area contributed by atoms with Gasteiger partial charge in [-0.2, -0.15) is 0 Å². The summed E-state index contributed by atoms with van der Waals surface area (Å²) in [5.41, 5.74) is 6.01. The minimum Gasteiger partial charge on any atom is -0.398 e. The fourth-order valence-electron chi connectivity index (χ4n) is 1.40. The van der Waals surface area contributed by atoms with Crippen molar-refractivity contribution in [2.24, 2.45) is 5.92 Å². The van der Waals surface area contributed by atoms with Crippen molar-refractivity contribution in [3.8, 4) is 0 Å². The number of benzene rings is 1. The number of carbonyl (C=O) groups is 1. The molecule has 0 radical (unpaired) electrons. The van der Waals surface area contributed by atoms with Gasteiger partial charge in [-0.05, 0) is 30.5 Å². The number of hydrogen-bond acceptors (Lipinski definition) is 3. The summed E-state index contributed by atoms with van der Waals surface area (Å²) < 4.78 is 12.0. The van der Waals surface area contributed by atoms with Gasteiger partial charge in [0.25, 0.3) is 0 Å². The number of amides is 1. The Morgan fingerprint density at radius 1 is 1.47 bits per heavy atom. The first-order chi connectivity index (χ1) is 8.90. The molecular weight excluding hydrogens is 284 g/mol. The summed E-state index contributed by atoms with van der Waals surface area (Å²) in [4.78, 5) is 12.1. The predicted octanol–water partition coefficient (Wildman–Crippen LogP) is 2.19. The highest BCUT2D eigenvalue weighted by molar-refractivity contribution is 7.85. The second kappa shape index (κ2) is 7.50. The van der Waals surface area contributed by atoms with Crippen molar-refractivity contribution in [1.82, 2.24) is 5.32 Å². The molecule has 1 aromatic carbocycles. The Kier molecular flexibility index (Phi) is 6.31. The summed E-state index contributed by atoms with van der Waals surface area (Å²) >= 11 is 5.85. The first-order valence-electron chi connectivity index (χ1n) is 6.10. The summed E-state index contributed by atoms with van der Waals surface area (Å²) in [7, 11) is -1.40. The molecule has 0 saturated carbocycles. The van der Waals surface area contributed by atoms with E-state index in [-0.39, 0.29) is 11.7 Å². The first-order valence-corrected chi connectivity index (χ1v) is 7.80. The summed E-state index contributed by atoms with van der Waals surface area (Å²) in [5, 5.41) is 3.10. The number of carbonyl (C=O) groups excluding carboxylic acids is 1. The Morgan fingerprint density at radius 3 is 2.74 bits per heavy atom. The molecule has 1 rings (SSSR count). The Balaban J connectivity index is 2.50. The van der Waals surface area contributed by atoms with E-state index in [1.165, 1.54) is 6.07 Å². The average Bonchev–Trinajstić information content (AvgIpc) is 2.32. The van der Waals surface area contributed by atoms with Crippen molar-refractivity contribution < 1.29 is 9.00 Å². The Bertz CT molecular complexity index is 478. The fraction of sp³-hybridized carbons (Fsp3) is 0.462. The van der Waals surface area contributed by atoms with Gasteiger partial charge in [-0.1, -0.05) is 25.4 Å². The third-order valence-corrected chi connectivity index (χ3v) is 4.17. The lowest BCUT2D eigenvalue weighted by Crippen LogP contribution is -2.29. The lowest BCUT2D eigenvalue weighted by molar-refractivity contribution is -0.118. The molecule has 0 saturated heterocycles. The van der Waals surface area contributed by atoms with Crippen LogP contribution >= 0.6 is 11.6 Å². The van der Waals surface area contributed by atoms with Crippen molar-refractivity contribution in [3.63, 3.8) is 0 Å². The highest BCUT2D eigenvalue weighted by Crippen LogP contribution is 2.21. The van der Waals surface area contributed by atoms with Gasteiger partial charge in [0, 0.05) is 11.4 Å². The van der Waals surface area contributed by atoms with Crippen LogP contribution in [0.5, 0.6) is 0 Å². The number of rotatable bonds is 6. The number of nitrogens with one attached hydrogen (secondary N) is 1. The van der Waals surface area contributed by atoms with E-state index in [0.29, 0.717) is 28.1 Å². The first kappa shape index (κ1) is 16.0. The molecule has 3 N–H and O–H groups in total. The lowest BCUT2D eigenvalue weighted by Gasteiger charge is -2.07. The van der Waals surface area contributed by atoms with E-state index >= 15 is 0 Å². The van der Waals surface area contributed by atoms with Gasteiger partial charge in [-0.25, -0.2) is 0 Å². The largest absolute Gasteiger partial charge is 0.398 e. The molecule has 0 aliphatic carbocycles. The van der Waals surface area contributed by atoms with Crippen LogP contribution in [0.4, 0.5) is 5.69 Å². The Morgan fingerprint density at radius 2 is 2.16 bits per heavy atom. The number of halogens is 1.